The van der Waals surface area contributed by atoms with Crippen LogP contribution in [-0.2, 0) is 32.0 Å². The number of aromatic hydroxyl groups is 1. The summed E-state index contributed by atoms with van der Waals surface area (Å²) in [6.45, 7) is 3.61. The first-order valence-corrected chi connectivity index (χ1v) is 11.4. The molecule has 0 aliphatic heterocycles. The number of H-pyrrole nitrogens is 1. The highest BCUT2D eigenvalue weighted by Gasteiger charge is 2.28. The summed E-state index contributed by atoms with van der Waals surface area (Å²) in [6, 6.07) is 12.3. The molecular weight excluding hydrogens is 434 g/mol. The second-order valence-electron chi connectivity index (χ2n) is 8.27. The predicted octanol–water partition coefficient (Wildman–Crippen LogP) is 2.99. The molecule has 0 aliphatic rings. The number of fused-ring (bicyclic) bond motifs is 1. The van der Waals surface area contributed by atoms with Crippen LogP contribution in [0.5, 0.6) is 5.75 Å². The van der Waals surface area contributed by atoms with Gasteiger partial charge in [-0.3, -0.25) is 9.59 Å². The van der Waals surface area contributed by atoms with Crippen molar-refractivity contribution in [3.8, 4) is 5.75 Å². The summed E-state index contributed by atoms with van der Waals surface area (Å²) in [5, 5.41) is 16.0. The minimum absolute atomic E-state index is 0.110. The number of hydrogen-bond donors (Lipinski definition) is 4. The molecule has 4 N–H and O–H groups in total. The van der Waals surface area contributed by atoms with E-state index in [9.17, 15) is 19.5 Å². The first-order chi connectivity index (χ1) is 16.4. The summed E-state index contributed by atoms with van der Waals surface area (Å²) >= 11 is 0. The zero-order valence-electron chi connectivity index (χ0n) is 19.5. The van der Waals surface area contributed by atoms with Crippen LogP contribution in [0.4, 0.5) is 0 Å². The lowest BCUT2D eigenvalue weighted by Gasteiger charge is -2.22. The molecule has 2 unspecified atom stereocenters. The molecule has 2 atom stereocenters. The second-order valence-corrected chi connectivity index (χ2v) is 8.27. The second kappa shape index (κ2) is 11.9. The van der Waals surface area contributed by atoms with Gasteiger partial charge in [0.25, 0.3) is 0 Å². The number of phenolic OH excluding ortho intramolecular Hbond substituents is 1. The molecule has 0 radical (unpaired) electrons. The highest BCUT2D eigenvalue weighted by atomic mass is 16.5. The maximum atomic E-state index is 13.2. The molecule has 180 valence electrons. The number of benzene rings is 2. The summed E-state index contributed by atoms with van der Waals surface area (Å²) in [7, 11) is 0. The van der Waals surface area contributed by atoms with Crippen molar-refractivity contribution < 1.29 is 24.2 Å². The Labute approximate surface area is 198 Å². The number of aromatic amines is 1. The number of carbonyl (C=O) groups is 3. The van der Waals surface area contributed by atoms with Crippen LogP contribution in [0.3, 0.4) is 0 Å². The van der Waals surface area contributed by atoms with Crippen molar-refractivity contribution in [2.24, 2.45) is 0 Å². The molecule has 3 rings (SSSR count). The Morgan fingerprint density at radius 2 is 1.74 bits per heavy atom. The number of phenols is 1. The Hall–Kier alpha value is -3.81. The van der Waals surface area contributed by atoms with E-state index in [-0.39, 0.29) is 31.1 Å². The third kappa shape index (κ3) is 6.84. The molecule has 0 spiro atoms. The number of ether oxygens (including phenoxy) is 1. The van der Waals surface area contributed by atoms with Crippen LogP contribution in [0.25, 0.3) is 10.9 Å². The van der Waals surface area contributed by atoms with Crippen LogP contribution < -0.4 is 10.6 Å². The van der Waals surface area contributed by atoms with Gasteiger partial charge in [0, 0.05) is 36.9 Å². The maximum absolute atomic E-state index is 13.2. The van der Waals surface area contributed by atoms with E-state index in [4.69, 9.17) is 4.74 Å². The zero-order chi connectivity index (χ0) is 24.5. The number of rotatable bonds is 11. The lowest BCUT2D eigenvalue weighted by Crippen LogP contribution is -2.53. The molecule has 8 heteroatoms. The summed E-state index contributed by atoms with van der Waals surface area (Å²) < 4.78 is 5.37. The Morgan fingerprint density at radius 1 is 1.00 bits per heavy atom. The van der Waals surface area contributed by atoms with E-state index in [2.05, 4.69) is 15.6 Å². The number of unbranched alkanes of at least 4 members (excludes halogenated alkanes) is 1. The standard InChI is InChI=1S/C26H31N3O5/c1-3-4-13-34-26(33)24(14-18-9-11-20(31)12-10-18)29-25(32)23(28-17(2)30)15-19-16-27-22-8-6-5-7-21(19)22/h5-12,16,23-24,27,31H,3-4,13-15H2,1-2H3,(H,28,30)(H,29,32). The van der Waals surface area contributed by atoms with Crippen LogP contribution in [0.15, 0.2) is 54.7 Å². The van der Waals surface area contributed by atoms with Gasteiger partial charge >= 0.3 is 5.97 Å². The fraction of sp³-hybridized carbons (Fsp3) is 0.346. The van der Waals surface area contributed by atoms with E-state index >= 15 is 0 Å². The quantitative estimate of drug-likeness (QED) is 0.256. The third-order valence-corrected chi connectivity index (χ3v) is 5.51. The molecule has 0 saturated carbocycles. The van der Waals surface area contributed by atoms with E-state index in [1.165, 1.54) is 19.1 Å². The average molecular weight is 466 g/mol. The number of hydrogen-bond acceptors (Lipinski definition) is 5. The van der Waals surface area contributed by atoms with Crippen molar-refractivity contribution in [2.75, 3.05) is 6.61 Å². The highest BCUT2D eigenvalue weighted by molar-refractivity contribution is 5.91. The molecule has 2 aromatic carbocycles. The van der Waals surface area contributed by atoms with E-state index in [1.807, 2.05) is 37.4 Å². The zero-order valence-corrected chi connectivity index (χ0v) is 19.5. The van der Waals surface area contributed by atoms with Crippen LogP contribution in [0, 0.1) is 0 Å². The highest BCUT2D eigenvalue weighted by Crippen LogP contribution is 2.19. The van der Waals surface area contributed by atoms with Crippen molar-refractivity contribution in [2.45, 2.75) is 51.6 Å². The van der Waals surface area contributed by atoms with Crippen molar-refractivity contribution in [1.82, 2.24) is 15.6 Å². The van der Waals surface area contributed by atoms with E-state index in [1.54, 1.807) is 12.1 Å². The lowest BCUT2D eigenvalue weighted by atomic mass is 10.0. The number of nitrogens with one attached hydrogen (secondary N) is 3. The van der Waals surface area contributed by atoms with Crippen LogP contribution >= 0.6 is 0 Å². The number of aromatic nitrogens is 1. The molecule has 0 bridgehead atoms. The summed E-state index contributed by atoms with van der Waals surface area (Å²) in [5.41, 5.74) is 2.57. The minimum atomic E-state index is -0.937. The van der Waals surface area contributed by atoms with Gasteiger partial charge in [-0.25, -0.2) is 4.79 Å². The number of amides is 2. The largest absolute Gasteiger partial charge is 0.508 e. The van der Waals surface area contributed by atoms with Gasteiger partial charge in [0.1, 0.15) is 17.8 Å². The van der Waals surface area contributed by atoms with Crippen molar-refractivity contribution in [3.63, 3.8) is 0 Å². The molecule has 2 amide bonds. The van der Waals surface area contributed by atoms with Crippen molar-refractivity contribution >= 4 is 28.7 Å². The normalized spacial score (nSPS) is 12.6. The van der Waals surface area contributed by atoms with Gasteiger partial charge in [0.15, 0.2) is 0 Å². The fourth-order valence-corrected chi connectivity index (χ4v) is 3.73. The molecule has 8 nitrogen and oxygen atoms in total. The van der Waals surface area contributed by atoms with E-state index < -0.39 is 24.0 Å². The molecule has 1 aromatic heterocycles. The van der Waals surface area contributed by atoms with Crippen molar-refractivity contribution in [3.05, 3.63) is 65.9 Å². The molecule has 0 saturated heterocycles. The average Bonchev–Trinajstić information content (AvgIpc) is 3.22. The van der Waals surface area contributed by atoms with E-state index in [0.29, 0.717) is 0 Å². The smallest absolute Gasteiger partial charge is 0.328 e. The third-order valence-electron chi connectivity index (χ3n) is 5.51. The fourth-order valence-electron chi connectivity index (χ4n) is 3.73. The van der Waals surface area contributed by atoms with Gasteiger partial charge in [-0.1, -0.05) is 43.7 Å². The molecule has 0 fully saturated rings. The first kappa shape index (κ1) is 24.8. The summed E-state index contributed by atoms with van der Waals surface area (Å²) in [6.07, 6.45) is 3.86. The van der Waals surface area contributed by atoms with Gasteiger partial charge in [-0.05, 0) is 35.7 Å². The lowest BCUT2D eigenvalue weighted by molar-refractivity contribution is -0.148. The number of para-hydroxylation sites is 1. The van der Waals surface area contributed by atoms with Crippen LogP contribution in [-0.4, -0.2) is 46.6 Å². The van der Waals surface area contributed by atoms with Gasteiger partial charge in [0.05, 0.1) is 6.61 Å². The SMILES string of the molecule is CCCCOC(=O)C(Cc1ccc(O)cc1)NC(=O)C(Cc1c[nH]c2ccccc12)NC(C)=O. The first-order valence-electron chi connectivity index (χ1n) is 11.4. The number of esters is 1. The summed E-state index contributed by atoms with van der Waals surface area (Å²) in [5.74, 6) is -1.25. The van der Waals surface area contributed by atoms with Crippen LogP contribution in [0.2, 0.25) is 0 Å². The summed E-state index contributed by atoms with van der Waals surface area (Å²) in [4.78, 5) is 41.1. The monoisotopic (exact) mass is 465 g/mol. The Bertz CT molecular complexity index is 1120. The molecular formula is C26H31N3O5. The van der Waals surface area contributed by atoms with Gasteiger partial charge in [-0.2, -0.15) is 0 Å². The van der Waals surface area contributed by atoms with Crippen LogP contribution in [0.1, 0.15) is 37.8 Å². The Balaban J connectivity index is 1.78. The molecule has 1 heterocycles. The van der Waals surface area contributed by atoms with Gasteiger partial charge in [-0.15, -0.1) is 0 Å². The Morgan fingerprint density at radius 3 is 2.44 bits per heavy atom. The number of carbonyl (C=O) groups excluding carboxylic acids is 3. The maximum Gasteiger partial charge on any atom is 0.328 e. The Kier molecular flexibility index (Phi) is 8.67. The minimum Gasteiger partial charge on any atom is -0.508 e. The molecule has 3 aromatic rings. The topological polar surface area (TPSA) is 121 Å². The molecule has 0 aliphatic carbocycles. The van der Waals surface area contributed by atoms with E-state index in [0.717, 1.165) is 34.9 Å². The molecule has 34 heavy (non-hydrogen) atoms. The van der Waals surface area contributed by atoms with Gasteiger partial charge in [0.2, 0.25) is 11.8 Å². The van der Waals surface area contributed by atoms with Gasteiger partial charge < -0.3 is 25.5 Å². The predicted molar refractivity (Wildman–Crippen MR) is 129 cm³/mol. The van der Waals surface area contributed by atoms with Crippen molar-refractivity contribution in [1.29, 1.82) is 0 Å².